The molecule has 1 aromatic heterocycles. The summed E-state index contributed by atoms with van der Waals surface area (Å²) in [5, 5.41) is 4.69. The van der Waals surface area contributed by atoms with Gasteiger partial charge in [-0.1, -0.05) is 0 Å². The third-order valence-corrected chi connectivity index (χ3v) is 4.77. The van der Waals surface area contributed by atoms with Crippen LogP contribution in [0.2, 0.25) is 0 Å². The SMILES string of the molecule is CCOC(=O)Nc1ccc(C(=O)N2CCc3sccc3C2)cc1. The average molecular weight is 330 g/mol. The molecule has 0 aliphatic carbocycles. The molecule has 120 valence electrons. The molecule has 2 heterocycles. The highest BCUT2D eigenvalue weighted by molar-refractivity contribution is 7.10. The molecule has 5 nitrogen and oxygen atoms in total. The fourth-order valence-electron chi connectivity index (χ4n) is 2.59. The Bertz CT molecular complexity index is 709. The fourth-order valence-corrected chi connectivity index (χ4v) is 3.48. The molecule has 1 aromatic carbocycles. The summed E-state index contributed by atoms with van der Waals surface area (Å²) in [6, 6.07) is 8.97. The number of benzene rings is 1. The van der Waals surface area contributed by atoms with E-state index in [1.165, 1.54) is 10.4 Å². The average Bonchev–Trinajstić information content (AvgIpc) is 3.02. The van der Waals surface area contributed by atoms with Crippen molar-refractivity contribution in [3.05, 3.63) is 51.7 Å². The van der Waals surface area contributed by atoms with Gasteiger partial charge in [0.15, 0.2) is 0 Å². The van der Waals surface area contributed by atoms with Crippen LogP contribution in [0.25, 0.3) is 0 Å². The second-order valence-corrected chi connectivity index (χ2v) is 6.27. The number of carbonyl (C=O) groups excluding carboxylic acids is 2. The number of fused-ring (bicyclic) bond motifs is 1. The van der Waals surface area contributed by atoms with Crippen LogP contribution in [-0.2, 0) is 17.7 Å². The van der Waals surface area contributed by atoms with Gasteiger partial charge in [-0.15, -0.1) is 11.3 Å². The molecule has 1 N–H and O–H groups in total. The summed E-state index contributed by atoms with van der Waals surface area (Å²) in [6.45, 7) is 3.48. The van der Waals surface area contributed by atoms with Crippen molar-refractivity contribution in [2.24, 2.45) is 0 Å². The third kappa shape index (κ3) is 3.53. The first-order chi connectivity index (χ1) is 11.2. The highest BCUT2D eigenvalue weighted by Crippen LogP contribution is 2.25. The van der Waals surface area contributed by atoms with Gasteiger partial charge in [0.1, 0.15) is 0 Å². The number of hydrogen-bond donors (Lipinski definition) is 1. The van der Waals surface area contributed by atoms with E-state index < -0.39 is 6.09 Å². The van der Waals surface area contributed by atoms with E-state index in [9.17, 15) is 9.59 Å². The molecule has 23 heavy (non-hydrogen) atoms. The van der Waals surface area contributed by atoms with Crippen LogP contribution in [0.15, 0.2) is 35.7 Å². The Hall–Kier alpha value is -2.34. The minimum atomic E-state index is -0.493. The summed E-state index contributed by atoms with van der Waals surface area (Å²) in [4.78, 5) is 27.2. The molecule has 2 aromatic rings. The number of thiophene rings is 1. The number of amides is 2. The van der Waals surface area contributed by atoms with Crippen molar-refractivity contribution >= 4 is 29.0 Å². The van der Waals surface area contributed by atoms with Crippen LogP contribution in [0.4, 0.5) is 10.5 Å². The molecule has 0 spiro atoms. The lowest BCUT2D eigenvalue weighted by Gasteiger charge is -2.27. The van der Waals surface area contributed by atoms with Crippen LogP contribution in [0.1, 0.15) is 27.7 Å². The predicted molar refractivity (Wildman–Crippen MR) is 89.9 cm³/mol. The lowest BCUT2D eigenvalue weighted by atomic mass is 10.1. The Labute approximate surface area is 138 Å². The maximum absolute atomic E-state index is 12.6. The molecule has 0 saturated carbocycles. The number of rotatable bonds is 3. The Morgan fingerprint density at radius 2 is 2.04 bits per heavy atom. The quantitative estimate of drug-likeness (QED) is 0.937. The summed E-state index contributed by atoms with van der Waals surface area (Å²) in [5.74, 6) is 0.0181. The molecule has 1 aliphatic rings. The molecule has 2 amide bonds. The second kappa shape index (κ2) is 6.83. The zero-order chi connectivity index (χ0) is 16.2. The number of carbonyl (C=O) groups is 2. The van der Waals surface area contributed by atoms with Gasteiger partial charge in [0.2, 0.25) is 0 Å². The predicted octanol–water partition coefficient (Wildman–Crippen LogP) is 3.52. The normalized spacial score (nSPS) is 13.3. The molecule has 3 rings (SSSR count). The summed E-state index contributed by atoms with van der Waals surface area (Å²) in [5.41, 5.74) is 2.48. The molecule has 1 aliphatic heterocycles. The monoisotopic (exact) mass is 330 g/mol. The number of ether oxygens (including phenoxy) is 1. The highest BCUT2D eigenvalue weighted by atomic mass is 32.1. The van der Waals surface area contributed by atoms with E-state index in [1.807, 2.05) is 4.90 Å². The Kier molecular flexibility index (Phi) is 4.62. The van der Waals surface area contributed by atoms with Gasteiger partial charge in [-0.05, 0) is 54.6 Å². The third-order valence-electron chi connectivity index (χ3n) is 3.75. The largest absolute Gasteiger partial charge is 0.450 e. The molecule has 0 unspecified atom stereocenters. The molecule has 0 radical (unpaired) electrons. The number of hydrogen-bond acceptors (Lipinski definition) is 4. The molecular formula is C17H18N2O3S. The lowest BCUT2D eigenvalue weighted by molar-refractivity contribution is 0.0736. The fraction of sp³-hybridized carbons (Fsp3) is 0.294. The summed E-state index contributed by atoms with van der Waals surface area (Å²) >= 11 is 1.76. The van der Waals surface area contributed by atoms with Gasteiger partial charge < -0.3 is 9.64 Å². The summed E-state index contributed by atoms with van der Waals surface area (Å²) in [6.07, 6.45) is 0.425. The molecule has 0 bridgehead atoms. The van der Waals surface area contributed by atoms with Gasteiger partial charge in [0, 0.05) is 29.2 Å². The number of anilines is 1. The minimum absolute atomic E-state index is 0.0181. The Balaban J connectivity index is 1.65. The molecule has 0 fully saturated rings. The second-order valence-electron chi connectivity index (χ2n) is 5.27. The Morgan fingerprint density at radius 1 is 1.26 bits per heavy atom. The van der Waals surface area contributed by atoms with E-state index in [4.69, 9.17) is 4.74 Å². The van der Waals surface area contributed by atoms with E-state index in [2.05, 4.69) is 16.8 Å². The first-order valence-corrected chi connectivity index (χ1v) is 8.43. The van der Waals surface area contributed by atoms with Crippen LogP contribution < -0.4 is 5.32 Å². The molecular weight excluding hydrogens is 312 g/mol. The van der Waals surface area contributed by atoms with Crippen molar-refractivity contribution in [2.75, 3.05) is 18.5 Å². The maximum atomic E-state index is 12.6. The number of nitrogens with one attached hydrogen (secondary N) is 1. The van der Waals surface area contributed by atoms with Crippen LogP contribution in [-0.4, -0.2) is 30.1 Å². The van der Waals surface area contributed by atoms with Crippen LogP contribution in [0.5, 0.6) is 0 Å². The molecule has 0 saturated heterocycles. The van der Waals surface area contributed by atoms with Gasteiger partial charge in [-0.2, -0.15) is 0 Å². The number of nitrogens with zero attached hydrogens (tertiary/aromatic N) is 1. The first kappa shape index (κ1) is 15.6. The molecule has 6 heteroatoms. The van der Waals surface area contributed by atoms with Gasteiger partial charge in [-0.25, -0.2) is 4.79 Å². The van der Waals surface area contributed by atoms with E-state index in [1.54, 1.807) is 42.5 Å². The highest BCUT2D eigenvalue weighted by Gasteiger charge is 2.22. The zero-order valence-corrected chi connectivity index (χ0v) is 13.7. The van der Waals surface area contributed by atoms with E-state index in [-0.39, 0.29) is 5.91 Å². The maximum Gasteiger partial charge on any atom is 0.411 e. The van der Waals surface area contributed by atoms with Gasteiger partial charge in [0.05, 0.1) is 6.61 Å². The summed E-state index contributed by atoms with van der Waals surface area (Å²) in [7, 11) is 0. The lowest BCUT2D eigenvalue weighted by Crippen LogP contribution is -2.35. The van der Waals surface area contributed by atoms with Gasteiger partial charge >= 0.3 is 6.09 Å². The Morgan fingerprint density at radius 3 is 2.78 bits per heavy atom. The zero-order valence-electron chi connectivity index (χ0n) is 12.9. The first-order valence-electron chi connectivity index (χ1n) is 7.55. The van der Waals surface area contributed by atoms with Crippen molar-refractivity contribution in [3.63, 3.8) is 0 Å². The van der Waals surface area contributed by atoms with Crippen molar-refractivity contribution in [2.45, 2.75) is 19.9 Å². The van der Waals surface area contributed by atoms with Crippen molar-refractivity contribution in [1.82, 2.24) is 4.90 Å². The van der Waals surface area contributed by atoms with Crippen molar-refractivity contribution in [1.29, 1.82) is 0 Å². The standard InChI is InChI=1S/C17H18N2O3S/c1-2-22-17(21)18-14-5-3-12(4-6-14)16(20)19-9-7-15-13(11-19)8-10-23-15/h3-6,8,10H,2,7,9,11H2,1H3,(H,18,21). The summed E-state index contributed by atoms with van der Waals surface area (Å²) < 4.78 is 4.82. The van der Waals surface area contributed by atoms with Gasteiger partial charge in [0.25, 0.3) is 5.91 Å². The topological polar surface area (TPSA) is 58.6 Å². The van der Waals surface area contributed by atoms with E-state index >= 15 is 0 Å². The molecule has 0 atom stereocenters. The van der Waals surface area contributed by atoms with Crippen LogP contribution in [0.3, 0.4) is 0 Å². The van der Waals surface area contributed by atoms with Crippen molar-refractivity contribution < 1.29 is 14.3 Å². The van der Waals surface area contributed by atoms with Crippen LogP contribution >= 0.6 is 11.3 Å². The van der Waals surface area contributed by atoms with Gasteiger partial charge in [-0.3, -0.25) is 10.1 Å². The van der Waals surface area contributed by atoms with Crippen molar-refractivity contribution in [3.8, 4) is 0 Å². The minimum Gasteiger partial charge on any atom is -0.450 e. The van der Waals surface area contributed by atoms with Crippen LogP contribution in [0, 0.1) is 0 Å². The van der Waals surface area contributed by atoms with E-state index in [0.29, 0.717) is 24.4 Å². The van der Waals surface area contributed by atoms with E-state index in [0.717, 1.165) is 13.0 Å². The smallest absolute Gasteiger partial charge is 0.411 e.